The number of thioether (sulfide) groups is 1. The minimum absolute atomic E-state index is 0.181. The lowest BCUT2D eigenvalue weighted by atomic mass is 10.1. The number of nitrogens with two attached hydrogens (primary N) is 1. The third-order valence-electron chi connectivity index (χ3n) is 1.85. The highest BCUT2D eigenvalue weighted by Gasteiger charge is 2.01. The number of hydrogen-bond donors (Lipinski definition) is 1. The molecule has 0 aliphatic carbocycles. The summed E-state index contributed by atoms with van der Waals surface area (Å²) in [5.74, 6) is 7.04. The monoisotopic (exact) mass is 223 g/mol. The summed E-state index contributed by atoms with van der Waals surface area (Å²) in [4.78, 5) is 0. The predicted molar refractivity (Wildman–Crippen MR) is 64.2 cm³/mol. The van der Waals surface area contributed by atoms with Crippen molar-refractivity contribution in [3.8, 4) is 11.8 Å². The molecule has 0 atom stereocenters. The molecule has 80 valence electrons. The summed E-state index contributed by atoms with van der Waals surface area (Å²) in [5.41, 5.74) is 6.66. The maximum atomic E-state index is 13.5. The number of rotatable bonds is 3. The Morgan fingerprint density at radius 3 is 2.87 bits per heavy atom. The van der Waals surface area contributed by atoms with E-state index in [9.17, 15) is 4.39 Å². The second-order valence-electron chi connectivity index (χ2n) is 2.95. The van der Waals surface area contributed by atoms with Gasteiger partial charge < -0.3 is 5.73 Å². The predicted octanol–water partition coefficient (Wildman–Crippen LogP) is 2.39. The van der Waals surface area contributed by atoms with Crippen molar-refractivity contribution in [3.63, 3.8) is 0 Å². The quantitative estimate of drug-likeness (QED) is 0.796. The normalized spacial score (nSPS) is 9.53. The van der Waals surface area contributed by atoms with Gasteiger partial charge in [0, 0.05) is 11.3 Å². The lowest BCUT2D eigenvalue weighted by molar-refractivity contribution is 0.617. The number of benzene rings is 1. The Balaban J connectivity index is 2.78. The van der Waals surface area contributed by atoms with Gasteiger partial charge >= 0.3 is 0 Å². The van der Waals surface area contributed by atoms with Gasteiger partial charge in [-0.05, 0) is 23.4 Å². The molecule has 3 heteroatoms. The molecule has 0 unspecified atom stereocenters. The molecule has 0 heterocycles. The van der Waals surface area contributed by atoms with Crippen LogP contribution >= 0.6 is 11.8 Å². The highest BCUT2D eigenvalue weighted by Crippen LogP contribution is 2.16. The minimum atomic E-state index is -0.181. The van der Waals surface area contributed by atoms with Crippen molar-refractivity contribution in [2.45, 2.75) is 12.7 Å². The second kappa shape index (κ2) is 6.49. The largest absolute Gasteiger partial charge is 0.320 e. The molecule has 0 bridgehead atoms. The molecule has 0 amide bonds. The van der Waals surface area contributed by atoms with Crippen LogP contribution < -0.4 is 5.73 Å². The smallest absolute Gasteiger partial charge is 0.128 e. The van der Waals surface area contributed by atoms with Crippen LogP contribution in [-0.2, 0) is 5.75 Å². The Kier molecular flexibility index (Phi) is 5.23. The Labute approximate surface area is 94.2 Å². The summed E-state index contributed by atoms with van der Waals surface area (Å²) in [7, 11) is 0. The lowest BCUT2D eigenvalue weighted by Crippen LogP contribution is -1.94. The molecule has 0 aliphatic rings. The first-order valence-electron chi connectivity index (χ1n) is 4.83. The topological polar surface area (TPSA) is 26.0 Å². The molecule has 0 fully saturated rings. The van der Waals surface area contributed by atoms with Gasteiger partial charge in [0.05, 0.1) is 6.54 Å². The van der Waals surface area contributed by atoms with Gasteiger partial charge in [0.15, 0.2) is 0 Å². The highest BCUT2D eigenvalue weighted by atomic mass is 32.2. The lowest BCUT2D eigenvalue weighted by Gasteiger charge is -2.01. The molecule has 1 aromatic rings. The van der Waals surface area contributed by atoms with E-state index in [1.807, 2.05) is 6.07 Å². The van der Waals surface area contributed by atoms with Crippen LogP contribution in [0.25, 0.3) is 0 Å². The summed E-state index contributed by atoms with van der Waals surface area (Å²) in [6.45, 7) is 2.36. The van der Waals surface area contributed by atoms with E-state index in [1.54, 1.807) is 17.8 Å². The van der Waals surface area contributed by atoms with Crippen LogP contribution in [-0.4, -0.2) is 12.3 Å². The van der Waals surface area contributed by atoms with E-state index in [0.29, 0.717) is 17.9 Å². The van der Waals surface area contributed by atoms with E-state index in [2.05, 4.69) is 18.8 Å². The van der Waals surface area contributed by atoms with Crippen molar-refractivity contribution in [2.24, 2.45) is 5.73 Å². The van der Waals surface area contributed by atoms with Crippen LogP contribution in [0.5, 0.6) is 0 Å². The summed E-state index contributed by atoms with van der Waals surface area (Å²) < 4.78 is 13.5. The van der Waals surface area contributed by atoms with Gasteiger partial charge in [-0.3, -0.25) is 0 Å². The van der Waals surface area contributed by atoms with Crippen molar-refractivity contribution >= 4 is 11.8 Å². The minimum Gasteiger partial charge on any atom is -0.320 e. The van der Waals surface area contributed by atoms with Crippen LogP contribution in [0.1, 0.15) is 18.1 Å². The molecule has 0 aromatic heterocycles. The van der Waals surface area contributed by atoms with Crippen LogP contribution in [0.15, 0.2) is 18.2 Å². The van der Waals surface area contributed by atoms with E-state index < -0.39 is 0 Å². The number of halogens is 1. The third-order valence-corrected chi connectivity index (χ3v) is 2.77. The van der Waals surface area contributed by atoms with Crippen LogP contribution in [0.2, 0.25) is 0 Å². The number of hydrogen-bond acceptors (Lipinski definition) is 2. The molecule has 1 rings (SSSR count). The molecular formula is C12H14FNS. The Morgan fingerprint density at radius 2 is 2.27 bits per heavy atom. The summed E-state index contributed by atoms with van der Waals surface area (Å²) in [6, 6.07) is 5.09. The van der Waals surface area contributed by atoms with E-state index in [-0.39, 0.29) is 5.82 Å². The van der Waals surface area contributed by atoms with E-state index in [1.165, 1.54) is 6.07 Å². The van der Waals surface area contributed by atoms with Crippen LogP contribution in [0.4, 0.5) is 4.39 Å². The van der Waals surface area contributed by atoms with Gasteiger partial charge in [0.1, 0.15) is 5.82 Å². The van der Waals surface area contributed by atoms with Gasteiger partial charge in [-0.15, -0.1) is 0 Å². The van der Waals surface area contributed by atoms with Gasteiger partial charge in [0.25, 0.3) is 0 Å². The fourth-order valence-electron chi connectivity index (χ4n) is 1.11. The Bertz CT molecular complexity index is 379. The Hall–Kier alpha value is -0.980. The zero-order chi connectivity index (χ0) is 11.1. The van der Waals surface area contributed by atoms with Gasteiger partial charge in [-0.1, -0.05) is 24.8 Å². The fraction of sp³-hybridized carbons (Fsp3) is 0.333. The van der Waals surface area contributed by atoms with Crippen molar-refractivity contribution in [1.29, 1.82) is 0 Å². The van der Waals surface area contributed by atoms with Crippen molar-refractivity contribution in [3.05, 3.63) is 35.1 Å². The molecule has 0 saturated carbocycles. The third kappa shape index (κ3) is 3.94. The average molecular weight is 223 g/mol. The molecule has 2 N–H and O–H groups in total. The van der Waals surface area contributed by atoms with Crippen molar-refractivity contribution < 1.29 is 4.39 Å². The molecule has 1 nitrogen and oxygen atoms in total. The summed E-state index contributed by atoms with van der Waals surface area (Å²) >= 11 is 1.70. The zero-order valence-electron chi connectivity index (χ0n) is 8.72. The molecule has 0 saturated heterocycles. The zero-order valence-corrected chi connectivity index (χ0v) is 9.53. The van der Waals surface area contributed by atoms with Crippen LogP contribution in [0, 0.1) is 17.7 Å². The standard InChI is InChI=1S/C12H14FNS/c1-2-15-9-11-6-5-10(4-3-7-14)8-12(11)13/h5-6,8H,2,7,9,14H2,1H3. The van der Waals surface area contributed by atoms with Gasteiger partial charge in [-0.25, -0.2) is 4.39 Å². The van der Waals surface area contributed by atoms with E-state index in [0.717, 1.165) is 11.3 Å². The van der Waals surface area contributed by atoms with E-state index in [4.69, 9.17) is 5.73 Å². The van der Waals surface area contributed by atoms with Crippen molar-refractivity contribution in [1.82, 2.24) is 0 Å². The van der Waals surface area contributed by atoms with Crippen molar-refractivity contribution in [2.75, 3.05) is 12.3 Å². The second-order valence-corrected chi connectivity index (χ2v) is 4.22. The fourth-order valence-corrected chi connectivity index (χ4v) is 1.77. The molecule has 0 aliphatic heterocycles. The maximum absolute atomic E-state index is 13.5. The molecular weight excluding hydrogens is 209 g/mol. The average Bonchev–Trinajstić information content (AvgIpc) is 2.25. The van der Waals surface area contributed by atoms with Crippen LogP contribution in [0.3, 0.4) is 0 Å². The SMILES string of the molecule is CCSCc1ccc(C#CCN)cc1F. The summed E-state index contributed by atoms with van der Waals surface area (Å²) in [6.07, 6.45) is 0. The summed E-state index contributed by atoms with van der Waals surface area (Å²) in [5, 5.41) is 0. The maximum Gasteiger partial charge on any atom is 0.128 e. The first-order valence-corrected chi connectivity index (χ1v) is 5.98. The molecule has 15 heavy (non-hydrogen) atoms. The highest BCUT2D eigenvalue weighted by molar-refractivity contribution is 7.98. The molecule has 0 spiro atoms. The van der Waals surface area contributed by atoms with Gasteiger partial charge in [0.2, 0.25) is 0 Å². The van der Waals surface area contributed by atoms with Gasteiger partial charge in [-0.2, -0.15) is 11.8 Å². The molecule has 0 radical (unpaired) electrons. The first-order chi connectivity index (χ1) is 7.27. The van der Waals surface area contributed by atoms with E-state index >= 15 is 0 Å². The first kappa shape index (κ1) is 12.1. The molecule has 1 aromatic carbocycles. The Morgan fingerprint density at radius 1 is 1.47 bits per heavy atom.